The lowest BCUT2D eigenvalue weighted by molar-refractivity contribution is 0.504. The summed E-state index contributed by atoms with van der Waals surface area (Å²) in [5.74, 6) is 0. The standard InChI is InChI=1S/C6H14.C4H8.C3H8.C2H6/c1-3-5-6-4-2;1-2-4-3-1;1-3-2;1-2/h3-6H2,1-2H3;1-4H2;3H2,1-2H3;1-2H3. The van der Waals surface area contributed by atoms with Crippen LogP contribution in [-0.2, 0) is 0 Å². The highest BCUT2D eigenvalue weighted by Gasteiger charge is 1.95. The van der Waals surface area contributed by atoms with E-state index in [2.05, 4.69) is 27.7 Å². The van der Waals surface area contributed by atoms with Gasteiger partial charge in [-0.05, 0) is 0 Å². The van der Waals surface area contributed by atoms with Crippen LogP contribution in [0, 0.1) is 0 Å². The van der Waals surface area contributed by atoms with Crippen molar-refractivity contribution in [2.45, 2.75) is 99.3 Å². The Morgan fingerprint density at radius 2 is 0.800 bits per heavy atom. The van der Waals surface area contributed by atoms with Crippen molar-refractivity contribution in [2.24, 2.45) is 0 Å². The molecule has 0 atom stereocenters. The van der Waals surface area contributed by atoms with Gasteiger partial charge < -0.3 is 0 Å². The third kappa shape index (κ3) is 41.1. The molecule has 15 heavy (non-hydrogen) atoms. The molecule has 0 unspecified atom stereocenters. The lowest BCUT2D eigenvalue weighted by Crippen LogP contribution is -1.85. The van der Waals surface area contributed by atoms with Gasteiger partial charge in [-0.15, -0.1) is 0 Å². The molecule has 0 heteroatoms. The molecule has 1 rings (SSSR count). The third-order valence-electron chi connectivity index (χ3n) is 1.96. The summed E-state index contributed by atoms with van der Waals surface area (Å²) in [5, 5.41) is 0. The zero-order valence-corrected chi connectivity index (χ0v) is 12.4. The Labute approximate surface area is 99.9 Å². The first-order chi connectivity index (χ1) is 7.33. The number of hydrogen-bond acceptors (Lipinski definition) is 0. The van der Waals surface area contributed by atoms with Crippen molar-refractivity contribution in [3.8, 4) is 0 Å². The zero-order chi connectivity index (χ0) is 12.4. The van der Waals surface area contributed by atoms with Crippen molar-refractivity contribution < 1.29 is 0 Å². The lowest BCUT2D eigenvalue weighted by Gasteiger charge is -2.05. The minimum atomic E-state index is 1.25. The molecule has 1 aliphatic rings. The zero-order valence-electron chi connectivity index (χ0n) is 12.4. The SMILES string of the molecule is C1CCC1.CC.CCC.CCCCCC. The van der Waals surface area contributed by atoms with Gasteiger partial charge >= 0.3 is 0 Å². The Hall–Kier alpha value is 0. The summed E-state index contributed by atoms with van der Waals surface area (Å²) in [7, 11) is 0. The van der Waals surface area contributed by atoms with Gasteiger partial charge in [0.25, 0.3) is 0 Å². The second kappa shape index (κ2) is 29.2. The summed E-state index contributed by atoms with van der Waals surface area (Å²) in [6, 6.07) is 0. The Morgan fingerprint density at radius 1 is 0.600 bits per heavy atom. The van der Waals surface area contributed by atoms with Crippen LogP contribution in [-0.4, -0.2) is 0 Å². The van der Waals surface area contributed by atoms with Gasteiger partial charge in [0.05, 0.1) is 0 Å². The van der Waals surface area contributed by atoms with Crippen molar-refractivity contribution in [2.75, 3.05) is 0 Å². The summed E-state index contributed by atoms with van der Waals surface area (Å²) in [5.41, 5.74) is 0. The summed E-state index contributed by atoms with van der Waals surface area (Å²) >= 11 is 0. The molecule has 0 radical (unpaired) electrons. The fourth-order valence-corrected chi connectivity index (χ4v) is 0.750. The number of unbranched alkanes of at least 4 members (excludes halogenated alkanes) is 3. The maximum absolute atomic E-state index is 2.23. The van der Waals surface area contributed by atoms with E-state index in [4.69, 9.17) is 0 Å². The molecule has 1 saturated carbocycles. The van der Waals surface area contributed by atoms with Crippen LogP contribution in [0.5, 0.6) is 0 Å². The monoisotopic (exact) mass is 216 g/mol. The van der Waals surface area contributed by atoms with E-state index >= 15 is 0 Å². The van der Waals surface area contributed by atoms with Crippen LogP contribution in [0.2, 0.25) is 0 Å². The maximum atomic E-state index is 2.23. The first-order valence-corrected chi connectivity index (χ1v) is 7.33. The first kappa shape index (κ1) is 20.4. The number of rotatable bonds is 3. The van der Waals surface area contributed by atoms with Crippen LogP contribution in [0.25, 0.3) is 0 Å². The molecule has 0 aromatic heterocycles. The lowest BCUT2D eigenvalue weighted by atomic mass is 10.0. The van der Waals surface area contributed by atoms with Gasteiger partial charge in [-0.2, -0.15) is 0 Å². The van der Waals surface area contributed by atoms with Crippen molar-refractivity contribution in [1.82, 2.24) is 0 Å². The maximum Gasteiger partial charge on any atom is -0.0533 e. The molecular weight excluding hydrogens is 180 g/mol. The Morgan fingerprint density at radius 3 is 0.867 bits per heavy atom. The molecule has 0 nitrogen and oxygen atoms in total. The van der Waals surface area contributed by atoms with Crippen LogP contribution in [0.1, 0.15) is 99.3 Å². The van der Waals surface area contributed by atoms with Crippen molar-refractivity contribution >= 4 is 0 Å². The Kier molecular flexibility index (Phi) is 39.8. The Bertz CT molecular complexity index is 45.1. The highest BCUT2D eigenvalue weighted by Crippen LogP contribution is 2.15. The van der Waals surface area contributed by atoms with E-state index in [9.17, 15) is 0 Å². The molecule has 0 spiro atoms. The van der Waals surface area contributed by atoms with E-state index in [1.165, 1.54) is 57.8 Å². The second-order valence-corrected chi connectivity index (χ2v) is 3.83. The quantitative estimate of drug-likeness (QED) is 0.467. The van der Waals surface area contributed by atoms with Crippen LogP contribution in [0.15, 0.2) is 0 Å². The topological polar surface area (TPSA) is 0 Å². The van der Waals surface area contributed by atoms with Crippen molar-refractivity contribution in [1.29, 1.82) is 0 Å². The Balaban J connectivity index is -0.000000140. The molecule has 0 N–H and O–H groups in total. The summed E-state index contributed by atoms with van der Waals surface area (Å²) in [6.45, 7) is 12.7. The molecule has 0 bridgehead atoms. The fraction of sp³-hybridized carbons (Fsp3) is 1.00. The van der Waals surface area contributed by atoms with Gasteiger partial charge in [0, 0.05) is 0 Å². The molecule has 1 fully saturated rings. The van der Waals surface area contributed by atoms with Crippen LogP contribution >= 0.6 is 0 Å². The number of hydrogen-bond donors (Lipinski definition) is 0. The van der Waals surface area contributed by atoms with Gasteiger partial charge in [0.1, 0.15) is 0 Å². The van der Waals surface area contributed by atoms with Crippen LogP contribution in [0.4, 0.5) is 0 Å². The first-order valence-electron chi connectivity index (χ1n) is 7.33. The van der Waals surface area contributed by atoms with E-state index in [1.807, 2.05) is 13.8 Å². The van der Waals surface area contributed by atoms with E-state index in [1.54, 1.807) is 0 Å². The predicted octanol–water partition coefficient (Wildman–Crippen LogP) is 6.59. The van der Waals surface area contributed by atoms with Gasteiger partial charge in [-0.25, -0.2) is 0 Å². The molecule has 0 aromatic rings. The molecular formula is C15H36. The normalized spacial score (nSPS) is 11.6. The molecule has 0 heterocycles. The summed E-state index contributed by atoms with van der Waals surface area (Å²) < 4.78 is 0. The minimum Gasteiger partial charge on any atom is -0.0683 e. The van der Waals surface area contributed by atoms with Crippen LogP contribution in [0.3, 0.4) is 0 Å². The minimum absolute atomic E-state index is 1.25. The van der Waals surface area contributed by atoms with Gasteiger partial charge in [-0.3, -0.25) is 0 Å². The predicted molar refractivity (Wildman–Crippen MR) is 75.6 cm³/mol. The fourth-order valence-electron chi connectivity index (χ4n) is 0.750. The molecule has 1 aliphatic carbocycles. The highest BCUT2D eigenvalue weighted by molar-refractivity contribution is 4.50. The van der Waals surface area contributed by atoms with Gasteiger partial charge in [0.2, 0.25) is 0 Å². The third-order valence-corrected chi connectivity index (χ3v) is 1.96. The van der Waals surface area contributed by atoms with Crippen molar-refractivity contribution in [3.63, 3.8) is 0 Å². The highest BCUT2D eigenvalue weighted by atomic mass is 14.0. The average molecular weight is 216 g/mol. The summed E-state index contributed by atoms with van der Waals surface area (Å²) in [6.07, 6.45) is 12.8. The molecule has 96 valence electrons. The largest absolute Gasteiger partial charge is 0.0683 e. The molecule has 0 aromatic carbocycles. The summed E-state index contributed by atoms with van der Waals surface area (Å²) in [4.78, 5) is 0. The van der Waals surface area contributed by atoms with E-state index in [0.717, 1.165) is 0 Å². The van der Waals surface area contributed by atoms with E-state index < -0.39 is 0 Å². The van der Waals surface area contributed by atoms with Crippen LogP contribution < -0.4 is 0 Å². The van der Waals surface area contributed by atoms with E-state index in [0.29, 0.717) is 0 Å². The molecule has 0 saturated heterocycles. The average Bonchev–Trinajstić information content (AvgIpc) is 2.16. The molecule has 0 amide bonds. The second-order valence-electron chi connectivity index (χ2n) is 3.83. The van der Waals surface area contributed by atoms with Gasteiger partial charge in [0.15, 0.2) is 0 Å². The van der Waals surface area contributed by atoms with E-state index in [-0.39, 0.29) is 0 Å². The molecule has 0 aliphatic heterocycles. The van der Waals surface area contributed by atoms with Crippen molar-refractivity contribution in [3.05, 3.63) is 0 Å². The van der Waals surface area contributed by atoms with Gasteiger partial charge in [-0.1, -0.05) is 99.3 Å². The smallest absolute Gasteiger partial charge is 0.0533 e.